The molecule has 24 heavy (non-hydrogen) atoms. The van der Waals surface area contributed by atoms with Gasteiger partial charge in [-0.1, -0.05) is 18.2 Å². The Labute approximate surface area is 141 Å². The van der Waals surface area contributed by atoms with Crippen molar-refractivity contribution in [1.82, 2.24) is 9.88 Å². The third kappa shape index (κ3) is 2.39. The fourth-order valence-electron chi connectivity index (χ4n) is 3.60. The van der Waals surface area contributed by atoms with Gasteiger partial charge in [-0.25, -0.2) is 0 Å². The molecule has 1 amide bonds. The molecule has 3 heterocycles. The van der Waals surface area contributed by atoms with Gasteiger partial charge in [-0.3, -0.25) is 9.78 Å². The number of benzene rings is 1. The Balaban J connectivity index is 1.72. The second kappa shape index (κ2) is 5.78. The highest BCUT2D eigenvalue weighted by atomic mass is 16.3. The summed E-state index contributed by atoms with van der Waals surface area (Å²) >= 11 is 0. The number of hydrogen-bond donors (Lipinski definition) is 0. The van der Waals surface area contributed by atoms with Gasteiger partial charge < -0.3 is 9.32 Å². The van der Waals surface area contributed by atoms with Crippen molar-refractivity contribution in [2.24, 2.45) is 0 Å². The van der Waals surface area contributed by atoms with Crippen LogP contribution < -0.4 is 0 Å². The van der Waals surface area contributed by atoms with E-state index in [0.29, 0.717) is 5.76 Å². The van der Waals surface area contributed by atoms with Crippen LogP contribution in [0.25, 0.3) is 11.0 Å². The number of pyridine rings is 1. The number of aryl methyl sites for hydroxylation is 2. The van der Waals surface area contributed by atoms with Crippen molar-refractivity contribution in [3.8, 4) is 0 Å². The maximum absolute atomic E-state index is 13.1. The molecule has 2 aromatic heterocycles. The lowest BCUT2D eigenvalue weighted by Crippen LogP contribution is -2.30. The van der Waals surface area contributed by atoms with E-state index in [0.717, 1.165) is 47.0 Å². The normalized spacial score (nSPS) is 17.6. The molecule has 0 saturated carbocycles. The Bertz CT molecular complexity index is 899. The molecular formula is C20H20N2O2. The lowest BCUT2D eigenvalue weighted by molar-refractivity contribution is 0.0704. The number of nitrogens with zero attached hydrogens (tertiary/aromatic N) is 2. The average molecular weight is 320 g/mol. The molecule has 4 nitrogen and oxygen atoms in total. The fourth-order valence-corrected chi connectivity index (χ4v) is 3.60. The van der Waals surface area contributed by atoms with Crippen LogP contribution >= 0.6 is 0 Å². The van der Waals surface area contributed by atoms with Crippen molar-refractivity contribution in [1.29, 1.82) is 0 Å². The minimum absolute atomic E-state index is 0.0206. The van der Waals surface area contributed by atoms with Gasteiger partial charge in [-0.2, -0.15) is 0 Å². The molecule has 0 spiro atoms. The third-order valence-electron chi connectivity index (χ3n) is 4.87. The summed E-state index contributed by atoms with van der Waals surface area (Å²) in [7, 11) is 0. The summed E-state index contributed by atoms with van der Waals surface area (Å²) in [6.07, 6.45) is 5.58. The van der Waals surface area contributed by atoms with Gasteiger partial charge in [0.2, 0.25) is 0 Å². The number of aromatic nitrogens is 1. The van der Waals surface area contributed by atoms with E-state index < -0.39 is 0 Å². The monoisotopic (exact) mass is 320 g/mol. The molecule has 4 rings (SSSR count). The van der Waals surface area contributed by atoms with E-state index in [4.69, 9.17) is 4.42 Å². The molecular weight excluding hydrogens is 300 g/mol. The van der Waals surface area contributed by atoms with E-state index in [9.17, 15) is 4.79 Å². The van der Waals surface area contributed by atoms with E-state index in [1.165, 1.54) is 0 Å². The van der Waals surface area contributed by atoms with Gasteiger partial charge in [0.05, 0.1) is 6.04 Å². The zero-order valence-corrected chi connectivity index (χ0v) is 14.0. The van der Waals surface area contributed by atoms with Crippen LogP contribution in [0.3, 0.4) is 0 Å². The molecule has 0 radical (unpaired) electrons. The highest BCUT2D eigenvalue weighted by Crippen LogP contribution is 2.35. The molecule has 1 saturated heterocycles. The second-order valence-electron chi connectivity index (χ2n) is 6.50. The summed E-state index contributed by atoms with van der Waals surface area (Å²) < 4.78 is 5.93. The first-order valence-corrected chi connectivity index (χ1v) is 8.36. The highest BCUT2D eigenvalue weighted by molar-refractivity contribution is 5.99. The molecule has 4 heteroatoms. The van der Waals surface area contributed by atoms with Crippen molar-refractivity contribution < 1.29 is 9.21 Å². The minimum atomic E-state index is -0.0206. The second-order valence-corrected chi connectivity index (χ2v) is 6.50. The van der Waals surface area contributed by atoms with Gasteiger partial charge in [0.15, 0.2) is 5.76 Å². The van der Waals surface area contributed by atoms with Crippen LogP contribution in [-0.2, 0) is 0 Å². The summed E-state index contributed by atoms with van der Waals surface area (Å²) in [5.41, 5.74) is 3.93. The maximum Gasteiger partial charge on any atom is 0.290 e. The van der Waals surface area contributed by atoms with Crippen LogP contribution in [0.5, 0.6) is 0 Å². The van der Waals surface area contributed by atoms with E-state index in [-0.39, 0.29) is 11.9 Å². The first-order valence-electron chi connectivity index (χ1n) is 8.36. The Morgan fingerprint density at radius 2 is 2.17 bits per heavy atom. The first-order chi connectivity index (χ1) is 11.6. The molecule has 0 bridgehead atoms. The Morgan fingerprint density at radius 1 is 1.29 bits per heavy atom. The number of likely N-dealkylation sites (tertiary alicyclic amines) is 1. The average Bonchev–Trinajstić information content (AvgIpc) is 3.20. The molecule has 3 aromatic rings. The maximum atomic E-state index is 13.1. The summed E-state index contributed by atoms with van der Waals surface area (Å²) in [6.45, 7) is 4.75. The zero-order chi connectivity index (χ0) is 16.7. The molecule has 1 fully saturated rings. The summed E-state index contributed by atoms with van der Waals surface area (Å²) in [5, 5.41) is 1.01. The highest BCUT2D eigenvalue weighted by Gasteiger charge is 2.33. The number of furan rings is 1. The summed E-state index contributed by atoms with van der Waals surface area (Å²) in [6, 6.07) is 10.1. The minimum Gasteiger partial charge on any atom is -0.451 e. The topological polar surface area (TPSA) is 46.3 Å². The molecule has 0 aliphatic carbocycles. The number of amides is 1. The summed E-state index contributed by atoms with van der Waals surface area (Å²) in [5.74, 6) is 0.444. The number of hydrogen-bond acceptors (Lipinski definition) is 3. The van der Waals surface area contributed by atoms with Crippen LogP contribution in [0.1, 0.15) is 46.1 Å². The predicted molar refractivity (Wildman–Crippen MR) is 92.9 cm³/mol. The van der Waals surface area contributed by atoms with Crippen LogP contribution in [0.2, 0.25) is 0 Å². The number of carbonyl (C=O) groups excluding carboxylic acids is 1. The molecule has 122 valence electrons. The Hall–Kier alpha value is -2.62. The van der Waals surface area contributed by atoms with Crippen molar-refractivity contribution in [2.75, 3.05) is 6.54 Å². The Morgan fingerprint density at radius 3 is 2.96 bits per heavy atom. The van der Waals surface area contributed by atoms with E-state index in [1.807, 2.05) is 55.3 Å². The quantitative estimate of drug-likeness (QED) is 0.702. The number of rotatable bonds is 2. The largest absolute Gasteiger partial charge is 0.451 e. The molecule has 1 atom stereocenters. The Kier molecular flexibility index (Phi) is 3.60. The van der Waals surface area contributed by atoms with Gasteiger partial charge in [-0.05, 0) is 49.9 Å². The van der Waals surface area contributed by atoms with Crippen molar-refractivity contribution in [3.05, 3.63) is 65.2 Å². The molecule has 1 aromatic carbocycles. The molecule has 1 aliphatic heterocycles. The fraction of sp³-hybridized carbons (Fsp3) is 0.300. The van der Waals surface area contributed by atoms with E-state index in [1.54, 1.807) is 6.20 Å². The molecule has 0 unspecified atom stereocenters. The first kappa shape index (κ1) is 14.9. The van der Waals surface area contributed by atoms with Crippen LogP contribution in [0.15, 0.2) is 47.1 Å². The van der Waals surface area contributed by atoms with Crippen LogP contribution in [0.4, 0.5) is 0 Å². The lowest BCUT2D eigenvalue weighted by Gasteiger charge is -2.24. The summed E-state index contributed by atoms with van der Waals surface area (Å²) in [4.78, 5) is 19.2. The van der Waals surface area contributed by atoms with E-state index >= 15 is 0 Å². The standard InChI is InChI=1S/C20H20N2O2/c1-13-7-8-16-14(2)19(24-18(16)11-13)20(23)22-10-4-6-17(22)15-5-3-9-21-12-15/h3,5,7-9,11-12,17H,4,6,10H2,1-2H3/t17-/m0/s1. The number of fused-ring (bicyclic) bond motifs is 1. The molecule has 1 aliphatic rings. The van der Waals surface area contributed by atoms with Gasteiger partial charge in [0, 0.05) is 29.9 Å². The van der Waals surface area contributed by atoms with E-state index in [2.05, 4.69) is 4.98 Å². The molecule has 0 N–H and O–H groups in total. The van der Waals surface area contributed by atoms with Crippen LogP contribution in [0, 0.1) is 13.8 Å². The van der Waals surface area contributed by atoms with Crippen LogP contribution in [-0.4, -0.2) is 22.3 Å². The van der Waals surface area contributed by atoms with Gasteiger partial charge in [-0.15, -0.1) is 0 Å². The van der Waals surface area contributed by atoms with Crippen molar-refractivity contribution in [2.45, 2.75) is 32.7 Å². The van der Waals surface area contributed by atoms with Gasteiger partial charge in [0.25, 0.3) is 5.91 Å². The van der Waals surface area contributed by atoms with Gasteiger partial charge >= 0.3 is 0 Å². The smallest absolute Gasteiger partial charge is 0.290 e. The van der Waals surface area contributed by atoms with Crippen molar-refractivity contribution in [3.63, 3.8) is 0 Å². The number of carbonyl (C=O) groups is 1. The zero-order valence-electron chi connectivity index (χ0n) is 14.0. The third-order valence-corrected chi connectivity index (χ3v) is 4.87. The van der Waals surface area contributed by atoms with Crippen molar-refractivity contribution >= 4 is 16.9 Å². The van der Waals surface area contributed by atoms with Gasteiger partial charge in [0.1, 0.15) is 5.58 Å². The SMILES string of the molecule is Cc1ccc2c(C)c(C(=O)N3CCC[C@H]3c3cccnc3)oc2c1. The predicted octanol–water partition coefficient (Wildman–Crippen LogP) is 4.42. The lowest BCUT2D eigenvalue weighted by atomic mass is 10.1.